The number of rotatable bonds is 0. The Morgan fingerprint density at radius 2 is 2.00 bits per heavy atom. The average Bonchev–Trinajstić information content (AvgIpc) is 2.10. The molecule has 0 N–H and O–H groups in total. The number of hydrogen-bond donors (Lipinski definition) is 0. The third-order valence-electron chi connectivity index (χ3n) is 1.50. The molecule has 0 saturated heterocycles. The van der Waals surface area contributed by atoms with Gasteiger partial charge in [0.25, 0.3) is 0 Å². The molecule has 0 spiro atoms. The van der Waals surface area contributed by atoms with Crippen molar-refractivity contribution in [3.63, 3.8) is 0 Å². The van der Waals surface area contributed by atoms with Crippen molar-refractivity contribution >= 4 is 31.9 Å². The van der Waals surface area contributed by atoms with Crippen molar-refractivity contribution in [3.05, 3.63) is 0 Å². The van der Waals surface area contributed by atoms with Gasteiger partial charge in [-0.1, -0.05) is 31.9 Å². The third kappa shape index (κ3) is 0.708. The molecule has 1 nitrogen and oxygen atoms in total. The topological polar surface area (TPSA) is 23.8 Å². The van der Waals surface area contributed by atoms with Gasteiger partial charge in [-0.3, -0.25) is 0 Å². The predicted octanol–water partition coefficient (Wildman–Crippen LogP) is 2.41. The molecule has 8 heavy (non-hydrogen) atoms. The van der Waals surface area contributed by atoms with E-state index in [1.165, 1.54) is 0 Å². The average molecular weight is 239 g/mol. The van der Waals surface area contributed by atoms with Gasteiger partial charge in [0, 0.05) is 0 Å². The van der Waals surface area contributed by atoms with Crippen molar-refractivity contribution in [1.82, 2.24) is 0 Å². The normalized spacial score (nSPS) is 40.8. The first-order valence-corrected chi connectivity index (χ1v) is 3.89. The molecule has 1 aliphatic carbocycles. The fourth-order valence-electron chi connectivity index (χ4n) is 0.521. The minimum absolute atomic E-state index is 0.0816. The number of hydrogen-bond acceptors (Lipinski definition) is 1. The van der Waals surface area contributed by atoms with E-state index in [1.807, 2.05) is 6.92 Å². The lowest BCUT2D eigenvalue weighted by Gasteiger charge is -1.97. The van der Waals surface area contributed by atoms with Gasteiger partial charge in [0.1, 0.15) is 3.23 Å². The van der Waals surface area contributed by atoms with Crippen molar-refractivity contribution in [1.29, 1.82) is 5.26 Å². The summed E-state index contributed by atoms with van der Waals surface area (Å²) in [6.07, 6.45) is 0.899. The summed E-state index contributed by atoms with van der Waals surface area (Å²) in [4.78, 5) is 0. The van der Waals surface area contributed by atoms with Crippen LogP contribution in [0, 0.1) is 16.7 Å². The van der Waals surface area contributed by atoms with Gasteiger partial charge in [0.05, 0.1) is 11.5 Å². The van der Waals surface area contributed by atoms with E-state index in [2.05, 4.69) is 37.9 Å². The highest BCUT2D eigenvalue weighted by atomic mass is 79.9. The summed E-state index contributed by atoms with van der Waals surface area (Å²) in [5.74, 6) is 0. The zero-order chi connectivity index (χ0) is 6.41. The highest BCUT2D eigenvalue weighted by Crippen LogP contribution is 2.65. The molecule has 3 heteroatoms. The molecule has 1 fully saturated rings. The summed E-state index contributed by atoms with van der Waals surface area (Å²) >= 11 is 6.73. The summed E-state index contributed by atoms with van der Waals surface area (Å²) < 4.78 is -0.0816. The maximum absolute atomic E-state index is 8.49. The Bertz CT molecular complexity index is 158. The quantitative estimate of drug-likeness (QED) is 0.595. The lowest BCUT2D eigenvalue weighted by molar-refractivity contribution is 0.766. The number of halogens is 2. The van der Waals surface area contributed by atoms with E-state index in [1.54, 1.807) is 0 Å². The van der Waals surface area contributed by atoms with E-state index in [0.717, 1.165) is 6.42 Å². The summed E-state index contributed by atoms with van der Waals surface area (Å²) in [5.41, 5.74) is -0.174. The van der Waals surface area contributed by atoms with Gasteiger partial charge in [-0.05, 0) is 13.3 Å². The van der Waals surface area contributed by atoms with Gasteiger partial charge in [-0.25, -0.2) is 0 Å². The molecular formula is C5H5Br2N. The lowest BCUT2D eigenvalue weighted by atomic mass is 10.2. The van der Waals surface area contributed by atoms with E-state index >= 15 is 0 Å². The number of nitrogens with zero attached hydrogens (tertiary/aromatic N) is 1. The van der Waals surface area contributed by atoms with Crippen LogP contribution in [-0.2, 0) is 0 Å². The summed E-state index contributed by atoms with van der Waals surface area (Å²) in [6.45, 7) is 1.93. The van der Waals surface area contributed by atoms with Crippen LogP contribution in [-0.4, -0.2) is 3.23 Å². The Balaban J connectivity index is 2.72. The molecule has 44 valence electrons. The first kappa shape index (κ1) is 6.57. The van der Waals surface area contributed by atoms with E-state index in [-0.39, 0.29) is 8.65 Å². The SMILES string of the molecule is CC1(C#N)CC1(Br)Br. The first-order valence-electron chi connectivity index (χ1n) is 2.31. The fraction of sp³-hybridized carbons (Fsp3) is 0.800. The van der Waals surface area contributed by atoms with Gasteiger partial charge in [-0.15, -0.1) is 0 Å². The maximum atomic E-state index is 8.49. The molecule has 0 aliphatic heterocycles. The molecule has 1 rings (SSSR count). The van der Waals surface area contributed by atoms with Crippen LogP contribution in [0.1, 0.15) is 13.3 Å². The molecular weight excluding hydrogens is 234 g/mol. The monoisotopic (exact) mass is 237 g/mol. The molecule has 1 aliphatic rings. The van der Waals surface area contributed by atoms with E-state index < -0.39 is 0 Å². The minimum atomic E-state index is -0.174. The zero-order valence-electron chi connectivity index (χ0n) is 4.41. The fourth-order valence-corrected chi connectivity index (χ4v) is 1.82. The lowest BCUT2D eigenvalue weighted by Crippen LogP contribution is -1.97. The van der Waals surface area contributed by atoms with Crippen molar-refractivity contribution in [2.45, 2.75) is 16.6 Å². The zero-order valence-corrected chi connectivity index (χ0v) is 7.58. The van der Waals surface area contributed by atoms with Gasteiger partial charge in [-0.2, -0.15) is 5.26 Å². The minimum Gasteiger partial charge on any atom is -0.198 e. The highest BCUT2D eigenvalue weighted by molar-refractivity contribution is 9.25. The number of alkyl halides is 2. The first-order chi connectivity index (χ1) is 3.52. The van der Waals surface area contributed by atoms with Crippen LogP contribution in [0.25, 0.3) is 0 Å². The summed E-state index contributed by atoms with van der Waals surface area (Å²) in [5, 5.41) is 8.49. The Morgan fingerprint density at radius 1 is 1.62 bits per heavy atom. The molecule has 0 amide bonds. The molecule has 0 radical (unpaired) electrons. The molecule has 0 heterocycles. The van der Waals surface area contributed by atoms with Crippen LogP contribution >= 0.6 is 31.9 Å². The van der Waals surface area contributed by atoms with Crippen LogP contribution in [0.3, 0.4) is 0 Å². The Kier molecular flexibility index (Phi) is 1.22. The predicted molar refractivity (Wildman–Crippen MR) is 38.9 cm³/mol. The van der Waals surface area contributed by atoms with Crippen LogP contribution < -0.4 is 0 Å². The molecule has 1 atom stereocenters. The summed E-state index contributed by atoms with van der Waals surface area (Å²) in [7, 11) is 0. The van der Waals surface area contributed by atoms with Crippen LogP contribution in [0.5, 0.6) is 0 Å². The second kappa shape index (κ2) is 1.48. The van der Waals surface area contributed by atoms with Crippen molar-refractivity contribution in [2.75, 3.05) is 0 Å². The van der Waals surface area contributed by atoms with Crippen molar-refractivity contribution in [3.8, 4) is 6.07 Å². The molecule has 1 saturated carbocycles. The second-order valence-corrected chi connectivity index (χ2v) is 6.10. The molecule has 0 aromatic carbocycles. The van der Waals surface area contributed by atoms with Crippen molar-refractivity contribution in [2.24, 2.45) is 5.41 Å². The standard InChI is InChI=1S/C5H5Br2N/c1-4(3-8)2-5(4,6)7/h2H2,1H3. The van der Waals surface area contributed by atoms with Crippen LogP contribution in [0.15, 0.2) is 0 Å². The van der Waals surface area contributed by atoms with Gasteiger partial charge in [0.2, 0.25) is 0 Å². The van der Waals surface area contributed by atoms with Gasteiger partial charge < -0.3 is 0 Å². The molecule has 0 aromatic rings. The third-order valence-corrected chi connectivity index (χ3v) is 3.82. The second-order valence-electron chi connectivity index (χ2n) is 2.33. The van der Waals surface area contributed by atoms with Crippen LogP contribution in [0.4, 0.5) is 0 Å². The molecule has 0 aromatic heterocycles. The molecule has 0 bridgehead atoms. The maximum Gasteiger partial charge on any atom is 0.100 e. The van der Waals surface area contributed by atoms with Gasteiger partial charge >= 0.3 is 0 Å². The number of nitriles is 1. The van der Waals surface area contributed by atoms with Crippen molar-refractivity contribution < 1.29 is 0 Å². The smallest absolute Gasteiger partial charge is 0.100 e. The van der Waals surface area contributed by atoms with E-state index in [0.29, 0.717) is 0 Å². The van der Waals surface area contributed by atoms with Gasteiger partial charge in [0.15, 0.2) is 0 Å². The highest BCUT2D eigenvalue weighted by Gasteiger charge is 2.62. The van der Waals surface area contributed by atoms with E-state index in [4.69, 9.17) is 5.26 Å². The summed E-state index contributed by atoms with van der Waals surface area (Å²) in [6, 6.07) is 2.21. The van der Waals surface area contributed by atoms with E-state index in [9.17, 15) is 0 Å². The largest absolute Gasteiger partial charge is 0.198 e. The molecule has 1 unspecified atom stereocenters. The Hall–Kier alpha value is 0.450. The van der Waals surface area contributed by atoms with Crippen LogP contribution in [0.2, 0.25) is 0 Å². The Morgan fingerprint density at radius 3 is 2.00 bits per heavy atom. The Labute approximate surface area is 65.3 Å².